The van der Waals surface area contributed by atoms with E-state index in [4.69, 9.17) is 5.11 Å². The zero-order valence-electron chi connectivity index (χ0n) is 8.35. The Labute approximate surface area is 82.4 Å². The standard InChI is InChI=1S/C11H14F2O/c1-11(2,13)9-3-4-10(12)8(7-9)5-6-14/h3-4,7,14H,5-6H2,1-2H3. The molecule has 1 rings (SSSR count). The van der Waals surface area contributed by atoms with Crippen molar-refractivity contribution in [3.05, 3.63) is 35.1 Å². The van der Waals surface area contributed by atoms with E-state index in [1.807, 2.05) is 0 Å². The van der Waals surface area contributed by atoms with Crippen LogP contribution in [0.2, 0.25) is 0 Å². The van der Waals surface area contributed by atoms with E-state index in [-0.39, 0.29) is 13.0 Å². The second kappa shape index (κ2) is 4.05. The molecular formula is C11H14F2O. The number of halogens is 2. The van der Waals surface area contributed by atoms with Crippen molar-refractivity contribution in [2.45, 2.75) is 25.9 Å². The summed E-state index contributed by atoms with van der Waals surface area (Å²) in [6, 6.07) is 4.13. The zero-order valence-corrected chi connectivity index (χ0v) is 8.35. The van der Waals surface area contributed by atoms with Gasteiger partial charge in [0.05, 0.1) is 0 Å². The Kier molecular flexibility index (Phi) is 3.21. The van der Waals surface area contributed by atoms with Crippen molar-refractivity contribution in [2.75, 3.05) is 6.61 Å². The molecule has 0 aliphatic carbocycles. The molecule has 1 nitrogen and oxygen atoms in total. The third kappa shape index (κ3) is 2.51. The van der Waals surface area contributed by atoms with Crippen molar-refractivity contribution in [3.63, 3.8) is 0 Å². The summed E-state index contributed by atoms with van der Waals surface area (Å²) in [5.41, 5.74) is -0.684. The molecule has 0 aromatic heterocycles. The van der Waals surface area contributed by atoms with Gasteiger partial charge in [-0.1, -0.05) is 6.07 Å². The van der Waals surface area contributed by atoms with Gasteiger partial charge >= 0.3 is 0 Å². The lowest BCUT2D eigenvalue weighted by molar-refractivity contribution is 0.221. The second-order valence-electron chi connectivity index (χ2n) is 3.75. The summed E-state index contributed by atoms with van der Waals surface area (Å²) < 4.78 is 26.6. The summed E-state index contributed by atoms with van der Waals surface area (Å²) in [5.74, 6) is -0.396. The summed E-state index contributed by atoms with van der Waals surface area (Å²) in [5, 5.41) is 8.68. The summed E-state index contributed by atoms with van der Waals surface area (Å²) in [6.45, 7) is 2.71. The monoisotopic (exact) mass is 200 g/mol. The van der Waals surface area contributed by atoms with Gasteiger partial charge in [-0.2, -0.15) is 0 Å². The summed E-state index contributed by atoms with van der Waals surface area (Å²) in [4.78, 5) is 0. The van der Waals surface area contributed by atoms with E-state index in [1.165, 1.54) is 32.0 Å². The van der Waals surface area contributed by atoms with E-state index in [1.54, 1.807) is 0 Å². The predicted molar refractivity (Wildman–Crippen MR) is 51.3 cm³/mol. The van der Waals surface area contributed by atoms with Gasteiger partial charge in [-0.25, -0.2) is 8.78 Å². The first-order valence-electron chi connectivity index (χ1n) is 4.54. The highest BCUT2D eigenvalue weighted by Crippen LogP contribution is 2.26. The largest absolute Gasteiger partial charge is 0.396 e. The van der Waals surface area contributed by atoms with Gasteiger partial charge in [-0.15, -0.1) is 0 Å². The summed E-state index contributed by atoms with van der Waals surface area (Å²) in [7, 11) is 0. The summed E-state index contributed by atoms with van der Waals surface area (Å²) in [6.07, 6.45) is 0.218. The molecule has 0 atom stereocenters. The number of benzene rings is 1. The Morgan fingerprint density at radius 2 is 2.00 bits per heavy atom. The van der Waals surface area contributed by atoms with Crippen molar-refractivity contribution in [1.82, 2.24) is 0 Å². The molecule has 1 N–H and O–H groups in total. The fourth-order valence-electron chi connectivity index (χ4n) is 1.26. The molecule has 1 aromatic rings. The van der Waals surface area contributed by atoms with E-state index >= 15 is 0 Å². The van der Waals surface area contributed by atoms with Crippen LogP contribution in [0.4, 0.5) is 8.78 Å². The third-order valence-corrected chi connectivity index (χ3v) is 2.11. The molecule has 0 amide bonds. The fourth-order valence-corrected chi connectivity index (χ4v) is 1.26. The van der Waals surface area contributed by atoms with Crippen LogP contribution < -0.4 is 0 Å². The van der Waals surface area contributed by atoms with Crippen molar-refractivity contribution in [2.24, 2.45) is 0 Å². The van der Waals surface area contributed by atoms with Crippen LogP contribution in [0, 0.1) is 5.82 Å². The second-order valence-corrected chi connectivity index (χ2v) is 3.75. The van der Waals surface area contributed by atoms with Gasteiger partial charge in [-0.3, -0.25) is 0 Å². The number of alkyl halides is 1. The maximum Gasteiger partial charge on any atom is 0.130 e. The van der Waals surface area contributed by atoms with E-state index in [9.17, 15) is 8.78 Å². The van der Waals surface area contributed by atoms with E-state index in [2.05, 4.69) is 0 Å². The minimum atomic E-state index is -1.47. The summed E-state index contributed by atoms with van der Waals surface area (Å²) >= 11 is 0. The highest BCUT2D eigenvalue weighted by atomic mass is 19.1. The van der Waals surface area contributed by atoms with Crippen LogP contribution >= 0.6 is 0 Å². The van der Waals surface area contributed by atoms with Crippen LogP contribution in [-0.2, 0) is 12.1 Å². The van der Waals surface area contributed by atoms with Crippen LogP contribution in [0.15, 0.2) is 18.2 Å². The molecule has 0 spiro atoms. The number of aliphatic hydroxyl groups excluding tert-OH is 1. The Morgan fingerprint density at radius 3 is 2.50 bits per heavy atom. The smallest absolute Gasteiger partial charge is 0.130 e. The molecule has 0 aliphatic heterocycles. The quantitative estimate of drug-likeness (QED) is 0.795. The van der Waals surface area contributed by atoms with Crippen LogP contribution in [-0.4, -0.2) is 11.7 Å². The lowest BCUT2D eigenvalue weighted by Crippen LogP contribution is -2.10. The molecule has 0 heterocycles. The maximum absolute atomic E-state index is 13.5. The molecule has 0 radical (unpaired) electrons. The molecule has 1 aromatic carbocycles. The number of hydrogen-bond donors (Lipinski definition) is 1. The maximum atomic E-state index is 13.5. The van der Waals surface area contributed by atoms with Crippen LogP contribution in [0.3, 0.4) is 0 Å². The minimum Gasteiger partial charge on any atom is -0.396 e. The minimum absolute atomic E-state index is 0.132. The normalized spacial score (nSPS) is 11.8. The van der Waals surface area contributed by atoms with E-state index in [0.29, 0.717) is 11.1 Å². The molecule has 0 saturated heterocycles. The SMILES string of the molecule is CC(C)(F)c1ccc(F)c(CCO)c1. The fraction of sp³-hybridized carbons (Fsp3) is 0.455. The van der Waals surface area contributed by atoms with Gasteiger partial charge in [0.15, 0.2) is 0 Å². The van der Waals surface area contributed by atoms with Crippen molar-refractivity contribution in [3.8, 4) is 0 Å². The van der Waals surface area contributed by atoms with Gasteiger partial charge in [0, 0.05) is 6.61 Å². The molecule has 0 unspecified atom stereocenters. The zero-order chi connectivity index (χ0) is 10.8. The van der Waals surface area contributed by atoms with Gasteiger partial charge < -0.3 is 5.11 Å². The van der Waals surface area contributed by atoms with Crippen molar-refractivity contribution < 1.29 is 13.9 Å². The Balaban J connectivity index is 3.06. The number of hydrogen-bond acceptors (Lipinski definition) is 1. The predicted octanol–water partition coefficient (Wildman–Crippen LogP) is 2.57. The van der Waals surface area contributed by atoms with Crippen LogP contribution in [0.25, 0.3) is 0 Å². The van der Waals surface area contributed by atoms with Gasteiger partial charge in [0.2, 0.25) is 0 Å². The average Bonchev–Trinajstić information content (AvgIpc) is 2.07. The Bertz CT molecular complexity index is 316. The molecule has 0 aliphatic rings. The molecule has 78 valence electrons. The number of rotatable bonds is 3. The van der Waals surface area contributed by atoms with Gasteiger partial charge in [0.1, 0.15) is 11.5 Å². The van der Waals surface area contributed by atoms with Gasteiger partial charge in [0.25, 0.3) is 0 Å². The van der Waals surface area contributed by atoms with Crippen LogP contribution in [0.5, 0.6) is 0 Å². The molecule has 3 heteroatoms. The van der Waals surface area contributed by atoms with Gasteiger partial charge in [-0.05, 0) is 43.5 Å². The number of aliphatic hydroxyl groups is 1. The Hall–Kier alpha value is -0.960. The topological polar surface area (TPSA) is 20.2 Å². The first kappa shape index (κ1) is 11.1. The molecule has 14 heavy (non-hydrogen) atoms. The molecule has 0 bridgehead atoms. The van der Waals surface area contributed by atoms with E-state index < -0.39 is 11.5 Å². The molecular weight excluding hydrogens is 186 g/mol. The highest BCUT2D eigenvalue weighted by Gasteiger charge is 2.19. The van der Waals surface area contributed by atoms with Crippen LogP contribution in [0.1, 0.15) is 25.0 Å². The van der Waals surface area contributed by atoms with Crippen molar-refractivity contribution in [1.29, 1.82) is 0 Å². The first-order valence-corrected chi connectivity index (χ1v) is 4.54. The Morgan fingerprint density at radius 1 is 1.36 bits per heavy atom. The lowest BCUT2D eigenvalue weighted by Gasteiger charge is -2.15. The van der Waals surface area contributed by atoms with E-state index in [0.717, 1.165) is 0 Å². The highest BCUT2D eigenvalue weighted by molar-refractivity contribution is 5.28. The molecule has 0 fully saturated rings. The van der Waals surface area contributed by atoms with Crippen molar-refractivity contribution >= 4 is 0 Å². The third-order valence-electron chi connectivity index (χ3n) is 2.11. The average molecular weight is 200 g/mol. The first-order chi connectivity index (χ1) is 6.45. The lowest BCUT2D eigenvalue weighted by atomic mass is 9.97. The molecule has 0 saturated carbocycles.